The van der Waals surface area contributed by atoms with Crippen molar-refractivity contribution in [3.8, 4) is 61.5 Å². The van der Waals surface area contributed by atoms with Crippen LogP contribution in [0.15, 0.2) is 279 Å². The van der Waals surface area contributed by atoms with Gasteiger partial charge in [0.15, 0.2) is 0 Å². The number of nitrogens with zero attached hydrogens (tertiary/aromatic N) is 3. The second-order valence-electron chi connectivity index (χ2n) is 19.9. The Hall–Kier alpha value is -9.51. The summed E-state index contributed by atoms with van der Waals surface area (Å²) in [6, 6.07) is 98.5. The first kappa shape index (κ1) is 45.4. The summed E-state index contributed by atoms with van der Waals surface area (Å²) in [7, 11) is 0. The summed E-state index contributed by atoms with van der Waals surface area (Å²) in [5.41, 5.74) is 22.4. The molecule has 1 heterocycles. The summed E-state index contributed by atoms with van der Waals surface area (Å²) in [5, 5.41) is 1.13. The molecule has 358 valence electrons. The summed E-state index contributed by atoms with van der Waals surface area (Å²) in [6.45, 7) is 4.73. The first-order chi connectivity index (χ1) is 36.9. The third-order valence-corrected chi connectivity index (χ3v) is 15.0. The average Bonchev–Trinajstić information content (AvgIpc) is 3.93. The maximum Gasteiger partial charge on any atom is 0.123 e. The highest BCUT2D eigenvalue weighted by atomic mass is 19.1. The van der Waals surface area contributed by atoms with Gasteiger partial charge in [0, 0.05) is 56.2 Å². The Kier molecular flexibility index (Phi) is 11.4. The molecule has 0 fully saturated rings. The number of hydrogen-bond acceptors (Lipinski definition) is 2. The van der Waals surface area contributed by atoms with Crippen molar-refractivity contribution in [1.82, 2.24) is 4.57 Å². The van der Waals surface area contributed by atoms with E-state index in [1.165, 1.54) is 33.4 Å². The SMILES string of the molecule is CC1(C)c2cc(-c3ccc4c(c3)c(-c3ccccc3)c(-c3ccccc3)n4-c3ccc(F)cc3)ccc2-c2ccc(N(c3ccc(-c4ccccc4)cc3)c3ccc(N(c4ccccc4)c4ccccc4)cc3)cc21. The summed E-state index contributed by atoms with van der Waals surface area (Å²) in [5.74, 6) is -0.258. The van der Waals surface area contributed by atoms with Gasteiger partial charge in [0.1, 0.15) is 5.82 Å². The predicted octanol–water partition coefficient (Wildman–Crippen LogP) is 19.7. The van der Waals surface area contributed by atoms with E-state index in [1.54, 1.807) is 12.1 Å². The molecule has 0 unspecified atom stereocenters. The molecular formula is C71H52FN3. The van der Waals surface area contributed by atoms with Gasteiger partial charge in [-0.1, -0.05) is 178 Å². The maximum atomic E-state index is 14.5. The van der Waals surface area contributed by atoms with Crippen molar-refractivity contribution >= 4 is 45.0 Å². The topological polar surface area (TPSA) is 11.4 Å². The van der Waals surface area contributed by atoms with Crippen LogP contribution in [0, 0.1) is 5.82 Å². The van der Waals surface area contributed by atoms with Gasteiger partial charge in [-0.2, -0.15) is 0 Å². The van der Waals surface area contributed by atoms with E-state index in [1.807, 2.05) is 12.1 Å². The van der Waals surface area contributed by atoms with Gasteiger partial charge in [0.2, 0.25) is 0 Å². The zero-order valence-electron chi connectivity index (χ0n) is 41.8. The minimum Gasteiger partial charge on any atom is -0.311 e. The first-order valence-electron chi connectivity index (χ1n) is 25.7. The van der Waals surface area contributed by atoms with Crippen LogP contribution in [0.3, 0.4) is 0 Å². The zero-order chi connectivity index (χ0) is 50.5. The Labute approximate surface area is 438 Å². The molecule has 0 bridgehead atoms. The molecule has 4 heteroatoms. The van der Waals surface area contributed by atoms with Crippen LogP contribution in [0.25, 0.3) is 72.4 Å². The van der Waals surface area contributed by atoms with Crippen molar-refractivity contribution in [2.24, 2.45) is 0 Å². The van der Waals surface area contributed by atoms with Gasteiger partial charge in [-0.3, -0.25) is 0 Å². The van der Waals surface area contributed by atoms with E-state index < -0.39 is 0 Å². The van der Waals surface area contributed by atoms with Gasteiger partial charge < -0.3 is 14.4 Å². The fourth-order valence-corrected chi connectivity index (χ4v) is 11.4. The molecule has 0 aliphatic heterocycles. The number of para-hydroxylation sites is 2. The monoisotopic (exact) mass is 965 g/mol. The van der Waals surface area contributed by atoms with Gasteiger partial charge in [-0.25, -0.2) is 4.39 Å². The molecule has 1 aliphatic rings. The van der Waals surface area contributed by atoms with E-state index in [4.69, 9.17) is 0 Å². The van der Waals surface area contributed by atoms with Crippen LogP contribution in [0.2, 0.25) is 0 Å². The Morgan fingerprint density at radius 2 is 0.733 bits per heavy atom. The number of anilines is 6. The van der Waals surface area contributed by atoms with Crippen LogP contribution in [0.5, 0.6) is 0 Å². The summed E-state index contributed by atoms with van der Waals surface area (Å²) >= 11 is 0. The molecule has 75 heavy (non-hydrogen) atoms. The molecule has 0 spiro atoms. The molecule has 0 saturated carbocycles. The second-order valence-corrected chi connectivity index (χ2v) is 19.9. The minimum atomic E-state index is -0.305. The average molecular weight is 966 g/mol. The highest BCUT2D eigenvalue weighted by Crippen LogP contribution is 2.52. The minimum absolute atomic E-state index is 0.258. The van der Waals surface area contributed by atoms with Crippen molar-refractivity contribution in [2.45, 2.75) is 19.3 Å². The molecule has 3 nitrogen and oxygen atoms in total. The Bertz CT molecular complexity index is 3940. The number of benzene rings is 11. The number of halogens is 1. The second kappa shape index (κ2) is 18.8. The maximum absolute atomic E-state index is 14.5. The summed E-state index contributed by atoms with van der Waals surface area (Å²) < 4.78 is 16.7. The molecule has 0 amide bonds. The highest BCUT2D eigenvalue weighted by Gasteiger charge is 2.36. The van der Waals surface area contributed by atoms with Crippen LogP contribution in [-0.4, -0.2) is 4.57 Å². The number of rotatable bonds is 11. The van der Waals surface area contributed by atoms with Crippen molar-refractivity contribution in [3.63, 3.8) is 0 Å². The van der Waals surface area contributed by atoms with E-state index in [0.717, 1.165) is 84.2 Å². The lowest BCUT2D eigenvalue weighted by Gasteiger charge is -2.29. The van der Waals surface area contributed by atoms with Gasteiger partial charge in [-0.15, -0.1) is 0 Å². The third kappa shape index (κ3) is 8.18. The molecule has 13 rings (SSSR count). The van der Waals surface area contributed by atoms with E-state index in [9.17, 15) is 4.39 Å². The molecule has 12 aromatic rings. The van der Waals surface area contributed by atoms with Crippen molar-refractivity contribution in [3.05, 3.63) is 296 Å². The molecule has 0 N–H and O–H groups in total. The molecule has 0 radical (unpaired) electrons. The van der Waals surface area contributed by atoms with E-state index in [2.05, 4.69) is 283 Å². The largest absolute Gasteiger partial charge is 0.311 e. The summed E-state index contributed by atoms with van der Waals surface area (Å²) in [4.78, 5) is 4.69. The highest BCUT2D eigenvalue weighted by molar-refractivity contribution is 6.07. The van der Waals surface area contributed by atoms with Crippen LogP contribution < -0.4 is 9.80 Å². The van der Waals surface area contributed by atoms with Gasteiger partial charge in [-0.05, 0) is 171 Å². The molecular weight excluding hydrogens is 914 g/mol. The number of aromatic nitrogens is 1. The molecule has 1 aromatic heterocycles. The normalized spacial score (nSPS) is 12.3. The van der Waals surface area contributed by atoms with E-state index in [0.29, 0.717) is 0 Å². The van der Waals surface area contributed by atoms with Crippen LogP contribution in [0.1, 0.15) is 25.0 Å². The quantitative estimate of drug-likeness (QED) is 0.128. The lowest BCUT2D eigenvalue weighted by molar-refractivity contribution is 0.627. The van der Waals surface area contributed by atoms with Crippen LogP contribution in [-0.2, 0) is 5.41 Å². The first-order valence-corrected chi connectivity index (χ1v) is 25.7. The molecule has 0 saturated heterocycles. The zero-order valence-corrected chi connectivity index (χ0v) is 41.8. The fourth-order valence-electron chi connectivity index (χ4n) is 11.4. The van der Waals surface area contributed by atoms with Crippen molar-refractivity contribution < 1.29 is 4.39 Å². The third-order valence-electron chi connectivity index (χ3n) is 15.0. The Morgan fingerprint density at radius 1 is 0.333 bits per heavy atom. The van der Waals surface area contributed by atoms with Gasteiger partial charge >= 0.3 is 0 Å². The van der Waals surface area contributed by atoms with E-state index >= 15 is 0 Å². The van der Waals surface area contributed by atoms with Crippen LogP contribution in [0.4, 0.5) is 38.5 Å². The number of hydrogen-bond donors (Lipinski definition) is 0. The lowest BCUT2D eigenvalue weighted by atomic mass is 9.81. The number of fused-ring (bicyclic) bond motifs is 4. The molecule has 0 atom stereocenters. The van der Waals surface area contributed by atoms with Gasteiger partial charge in [0.05, 0.1) is 11.2 Å². The Balaban J connectivity index is 0.905. The molecule has 11 aromatic carbocycles. The van der Waals surface area contributed by atoms with Crippen molar-refractivity contribution in [1.29, 1.82) is 0 Å². The predicted molar refractivity (Wildman–Crippen MR) is 312 cm³/mol. The Morgan fingerprint density at radius 3 is 1.31 bits per heavy atom. The van der Waals surface area contributed by atoms with Gasteiger partial charge in [0.25, 0.3) is 0 Å². The molecule has 1 aliphatic carbocycles. The van der Waals surface area contributed by atoms with Crippen molar-refractivity contribution in [2.75, 3.05) is 9.80 Å². The van der Waals surface area contributed by atoms with Crippen LogP contribution >= 0.6 is 0 Å². The summed E-state index contributed by atoms with van der Waals surface area (Å²) in [6.07, 6.45) is 0. The fraction of sp³-hybridized carbons (Fsp3) is 0.0423. The standard InChI is InChI=1S/C71H52FN3/c1-71(2)66-47-54(53-31-45-68-65(46-53)69(51-20-10-4-11-21-51)70(52-22-12-5-13-23-52)75(68)61-36-32-55(72)33-37-61)30-43-63(66)64-44-42-62(48-67(64)71)74(58-34-28-50(29-35-58)49-18-8-3-9-19-49)60-40-38-59(39-41-60)73(56-24-14-6-15-25-56)57-26-16-7-17-27-57/h3-48H,1-2H3. The van der Waals surface area contributed by atoms with E-state index in [-0.39, 0.29) is 11.2 Å². The lowest BCUT2D eigenvalue weighted by Crippen LogP contribution is -2.17. The smallest absolute Gasteiger partial charge is 0.123 e.